The van der Waals surface area contributed by atoms with Crippen molar-refractivity contribution in [2.24, 2.45) is 0 Å². The first-order valence-electron chi connectivity index (χ1n) is 10.3. The Bertz CT molecular complexity index is 1300. The number of fused-ring (bicyclic) bond motifs is 1. The molecule has 4 aromatic rings. The van der Waals surface area contributed by atoms with Gasteiger partial charge in [0.25, 0.3) is 0 Å². The van der Waals surface area contributed by atoms with E-state index < -0.39 is 0 Å². The highest BCUT2D eigenvalue weighted by molar-refractivity contribution is 5.90. The Morgan fingerprint density at radius 3 is 2.42 bits per heavy atom. The van der Waals surface area contributed by atoms with Crippen LogP contribution in [0.25, 0.3) is 28.0 Å². The van der Waals surface area contributed by atoms with E-state index >= 15 is 0 Å². The molecule has 0 amide bonds. The molecular weight excluding hydrogens is 392 g/mol. The fourth-order valence-electron chi connectivity index (χ4n) is 4.21. The molecule has 3 heterocycles. The maximum Gasteiger partial charge on any atom is 0.337 e. The Morgan fingerprint density at radius 1 is 1.06 bits per heavy atom. The second-order valence-electron chi connectivity index (χ2n) is 7.60. The van der Waals surface area contributed by atoms with Crippen molar-refractivity contribution in [3.05, 3.63) is 82.9 Å². The zero-order chi connectivity index (χ0) is 21.4. The van der Waals surface area contributed by atoms with E-state index in [0.717, 1.165) is 41.8 Å². The van der Waals surface area contributed by atoms with Gasteiger partial charge in [-0.1, -0.05) is 24.3 Å². The normalized spacial score (nSPS) is 16.0. The number of esters is 1. The molecule has 31 heavy (non-hydrogen) atoms. The summed E-state index contributed by atoms with van der Waals surface area (Å²) in [6, 6.07) is 19.0. The van der Waals surface area contributed by atoms with E-state index in [2.05, 4.69) is 10.3 Å². The summed E-state index contributed by atoms with van der Waals surface area (Å²) < 4.78 is 8.29. The Labute approximate surface area is 178 Å². The van der Waals surface area contributed by atoms with Gasteiger partial charge in [-0.15, -0.1) is 0 Å². The molecule has 5 rings (SSSR count). The average Bonchev–Trinajstić information content (AvgIpc) is 3.44. The summed E-state index contributed by atoms with van der Waals surface area (Å²) in [5, 5.41) is 3.33. The van der Waals surface area contributed by atoms with Crippen molar-refractivity contribution in [3.63, 3.8) is 0 Å². The minimum Gasteiger partial charge on any atom is -0.465 e. The summed E-state index contributed by atoms with van der Waals surface area (Å²) in [5.74, 6) is -0.358. The molecular formula is C24H22N4O3. The van der Waals surface area contributed by atoms with Gasteiger partial charge in [0.1, 0.15) is 0 Å². The van der Waals surface area contributed by atoms with Gasteiger partial charge >= 0.3 is 11.7 Å². The number of carbonyl (C=O) groups is 1. The zero-order valence-electron chi connectivity index (χ0n) is 17.1. The van der Waals surface area contributed by atoms with Crippen molar-refractivity contribution in [3.8, 4) is 16.8 Å². The molecule has 156 valence electrons. The predicted octanol–water partition coefficient (Wildman–Crippen LogP) is 3.18. The van der Waals surface area contributed by atoms with Crippen LogP contribution in [0.15, 0.2) is 71.7 Å². The van der Waals surface area contributed by atoms with Gasteiger partial charge in [-0.05, 0) is 60.5 Å². The molecule has 0 unspecified atom stereocenters. The third-order valence-corrected chi connectivity index (χ3v) is 5.80. The molecule has 1 saturated heterocycles. The lowest BCUT2D eigenvalue weighted by Crippen LogP contribution is -2.28. The smallest absolute Gasteiger partial charge is 0.337 e. The number of pyridine rings is 1. The number of rotatable bonds is 4. The van der Waals surface area contributed by atoms with Crippen molar-refractivity contribution in [1.29, 1.82) is 0 Å². The molecule has 0 saturated carbocycles. The maximum absolute atomic E-state index is 13.4. The van der Waals surface area contributed by atoms with Crippen LogP contribution in [0, 0.1) is 0 Å². The van der Waals surface area contributed by atoms with Crippen molar-refractivity contribution in [2.45, 2.75) is 12.5 Å². The standard InChI is InChI=1S/C24H22N4O3/c1-31-23(29)18-6-4-16(5-7-18)17-8-10-19(11-9-17)27-21-3-2-13-26-22(21)28(24(27)30)20-12-14-25-15-20/h2-11,13,20,25H,12,14-15H2,1H3/t20-/m0/s1. The number of benzene rings is 2. The van der Waals surface area contributed by atoms with Crippen LogP contribution < -0.4 is 11.0 Å². The Hall–Kier alpha value is -3.71. The van der Waals surface area contributed by atoms with E-state index in [1.165, 1.54) is 7.11 Å². The van der Waals surface area contributed by atoms with Gasteiger partial charge in [0.05, 0.1) is 29.9 Å². The Morgan fingerprint density at radius 2 is 1.77 bits per heavy atom. The first kappa shape index (κ1) is 19.3. The summed E-state index contributed by atoms with van der Waals surface area (Å²) in [4.78, 5) is 29.5. The van der Waals surface area contributed by atoms with Gasteiger partial charge in [0.2, 0.25) is 0 Å². The van der Waals surface area contributed by atoms with Gasteiger partial charge < -0.3 is 10.1 Å². The van der Waals surface area contributed by atoms with Gasteiger partial charge in [-0.25, -0.2) is 14.6 Å². The van der Waals surface area contributed by atoms with Crippen LogP contribution in [-0.4, -0.2) is 40.3 Å². The van der Waals surface area contributed by atoms with E-state index in [1.807, 2.05) is 53.1 Å². The Kier molecular flexibility index (Phi) is 4.88. The molecule has 0 radical (unpaired) electrons. The third-order valence-electron chi connectivity index (χ3n) is 5.80. The predicted molar refractivity (Wildman–Crippen MR) is 119 cm³/mol. The van der Waals surface area contributed by atoms with Crippen molar-refractivity contribution in [1.82, 2.24) is 19.4 Å². The molecule has 0 spiro atoms. The van der Waals surface area contributed by atoms with Crippen LogP contribution in [0.5, 0.6) is 0 Å². The second kappa shape index (κ2) is 7.85. The molecule has 1 aliphatic rings. The van der Waals surface area contributed by atoms with E-state index in [9.17, 15) is 9.59 Å². The first-order valence-corrected chi connectivity index (χ1v) is 10.3. The van der Waals surface area contributed by atoms with Crippen molar-refractivity contribution >= 4 is 17.1 Å². The number of hydrogen-bond donors (Lipinski definition) is 1. The SMILES string of the molecule is COC(=O)c1ccc(-c2ccc(-n3c(=O)n([C@H]4CCNC4)c4ncccc43)cc2)cc1. The highest BCUT2D eigenvalue weighted by atomic mass is 16.5. The third kappa shape index (κ3) is 3.33. The fourth-order valence-corrected chi connectivity index (χ4v) is 4.21. The van der Waals surface area contributed by atoms with E-state index in [-0.39, 0.29) is 17.7 Å². The molecule has 1 fully saturated rings. The number of aromatic nitrogens is 3. The van der Waals surface area contributed by atoms with Crippen LogP contribution in [-0.2, 0) is 4.74 Å². The average molecular weight is 414 g/mol. The summed E-state index contributed by atoms with van der Waals surface area (Å²) in [5.41, 5.74) is 4.72. The van der Waals surface area contributed by atoms with Gasteiger partial charge in [-0.2, -0.15) is 0 Å². The molecule has 2 aromatic heterocycles. The molecule has 7 heteroatoms. The van der Waals surface area contributed by atoms with Crippen LogP contribution in [0.1, 0.15) is 22.8 Å². The molecule has 0 aliphatic carbocycles. The summed E-state index contributed by atoms with van der Waals surface area (Å²) in [6.45, 7) is 1.68. The van der Waals surface area contributed by atoms with Crippen molar-refractivity contribution < 1.29 is 9.53 Å². The highest BCUT2D eigenvalue weighted by Gasteiger charge is 2.24. The van der Waals surface area contributed by atoms with E-state index in [0.29, 0.717) is 11.2 Å². The quantitative estimate of drug-likeness (QED) is 0.519. The van der Waals surface area contributed by atoms with Gasteiger partial charge in [0, 0.05) is 12.7 Å². The lowest BCUT2D eigenvalue weighted by Gasteiger charge is -2.09. The monoisotopic (exact) mass is 414 g/mol. The fraction of sp³-hybridized carbons (Fsp3) is 0.208. The largest absolute Gasteiger partial charge is 0.465 e. The lowest BCUT2D eigenvalue weighted by molar-refractivity contribution is 0.0601. The van der Waals surface area contributed by atoms with Crippen LogP contribution in [0.4, 0.5) is 0 Å². The number of hydrogen-bond acceptors (Lipinski definition) is 5. The number of ether oxygens (including phenoxy) is 1. The van der Waals surface area contributed by atoms with Gasteiger partial charge in [0.15, 0.2) is 5.65 Å². The van der Waals surface area contributed by atoms with Crippen LogP contribution in [0.2, 0.25) is 0 Å². The number of nitrogens with zero attached hydrogens (tertiary/aromatic N) is 3. The molecule has 1 aliphatic heterocycles. The lowest BCUT2D eigenvalue weighted by atomic mass is 10.0. The first-order chi connectivity index (χ1) is 15.2. The zero-order valence-corrected chi connectivity index (χ0v) is 17.1. The molecule has 7 nitrogen and oxygen atoms in total. The Balaban J connectivity index is 1.54. The molecule has 2 aromatic carbocycles. The van der Waals surface area contributed by atoms with Gasteiger partial charge in [-0.3, -0.25) is 9.13 Å². The molecule has 1 N–H and O–H groups in total. The highest BCUT2D eigenvalue weighted by Crippen LogP contribution is 2.25. The summed E-state index contributed by atoms with van der Waals surface area (Å²) in [7, 11) is 1.37. The number of methoxy groups -OCH3 is 1. The van der Waals surface area contributed by atoms with Crippen LogP contribution in [0.3, 0.4) is 0 Å². The summed E-state index contributed by atoms with van der Waals surface area (Å²) >= 11 is 0. The van der Waals surface area contributed by atoms with E-state index in [1.54, 1.807) is 22.9 Å². The second-order valence-corrected chi connectivity index (χ2v) is 7.60. The van der Waals surface area contributed by atoms with E-state index in [4.69, 9.17) is 4.74 Å². The summed E-state index contributed by atoms with van der Waals surface area (Å²) in [6.07, 6.45) is 2.64. The van der Waals surface area contributed by atoms with Crippen molar-refractivity contribution in [2.75, 3.05) is 20.2 Å². The number of imidazole rings is 1. The number of carbonyl (C=O) groups excluding carboxylic acids is 1. The molecule has 1 atom stereocenters. The minimum atomic E-state index is -0.358. The number of nitrogens with one attached hydrogen (secondary N) is 1. The minimum absolute atomic E-state index is 0.0717. The topological polar surface area (TPSA) is 78.1 Å². The maximum atomic E-state index is 13.4. The van der Waals surface area contributed by atoms with Crippen LogP contribution >= 0.6 is 0 Å². The molecule has 0 bridgehead atoms.